The molecule has 5 nitrogen and oxygen atoms in total. The smallest absolute Gasteiger partial charge is 0.221 e. The lowest BCUT2D eigenvalue weighted by atomic mass is 10.2. The van der Waals surface area contributed by atoms with Gasteiger partial charge in [0.25, 0.3) is 0 Å². The topological polar surface area (TPSA) is 66.9 Å². The van der Waals surface area contributed by atoms with Crippen molar-refractivity contribution in [3.05, 3.63) is 30.5 Å². The van der Waals surface area contributed by atoms with Crippen LogP contribution in [0, 0.1) is 5.92 Å². The molecule has 1 aromatic carbocycles. The van der Waals surface area contributed by atoms with E-state index in [4.69, 9.17) is 0 Å². The molecule has 1 amide bonds. The van der Waals surface area contributed by atoms with E-state index in [1.807, 2.05) is 24.3 Å². The molecule has 0 aliphatic rings. The Morgan fingerprint density at radius 1 is 1.30 bits per heavy atom. The van der Waals surface area contributed by atoms with Crippen LogP contribution in [0.3, 0.4) is 0 Å². The van der Waals surface area contributed by atoms with Crippen LogP contribution in [0.2, 0.25) is 0 Å². The molecule has 0 fully saturated rings. The summed E-state index contributed by atoms with van der Waals surface area (Å²) in [6.07, 6.45) is 2.14. The Kier molecular flexibility index (Phi) is 4.87. The maximum absolute atomic E-state index is 11.6. The number of rotatable bonds is 6. The van der Waals surface area contributed by atoms with Crippen molar-refractivity contribution in [3.63, 3.8) is 0 Å². The van der Waals surface area contributed by atoms with E-state index in [0.29, 0.717) is 18.9 Å². The second-order valence-electron chi connectivity index (χ2n) is 5.15. The number of hydrogen-bond donors (Lipinski definition) is 2. The van der Waals surface area contributed by atoms with Crippen LogP contribution in [0.5, 0.6) is 0 Å². The summed E-state index contributed by atoms with van der Waals surface area (Å²) in [5.41, 5.74) is 1.76. The monoisotopic (exact) mass is 272 g/mol. The number of benzene rings is 1. The summed E-state index contributed by atoms with van der Waals surface area (Å²) < 4.78 is 0. The van der Waals surface area contributed by atoms with Gasteiger partial charge in [-0.05, 0) is 12.0 Å². The third kappa shape index (κ3) is 3.91. The lowest BCUT2D eigenvalue weighted by Gasteiger charge is -2.10. The van der Waals surface area contributed by atoms with Gasteiger partial charge in [0, 0.05) is 24.9 Å². The summed E-state index contributed by atoms with van der Waals surface area (Å²) in [6.45, 7) is 5.46. The fourth-order valence-corrected chi connectivity index (χ4v) is 1.86. The molecule has 0 radical (unpaired) electrons. The summed E-state index contributed by atoms with van der Waals surface area (Å²) in [5.74, 6) is 0.540. The fraction of sp³-hybridized carbons (Fsp3) is 0.400. The molecule has 2 N–H and O–H groups in total. The zero-order valence-electron chi connectivity index (χ0n) is 11.9. The Morgan fingerprint density at radius 2 is 2.10 bits per heavy atom. The number of carbonyl (C=O) groups is 1. The third-order valence-corrected chi connectivity index (χ3v) is 2.92. The van der Waals surface area contributed by atoms with Crippen molar-refractivity contribution >= 4 is 22.5 Å². The largest absolute Gasteiger partial charge is 0.383 e. The van der Waals surface area contributed by atoms with Gasteiger partial charge in [-0.15, -0.1) is 0 Å². The van der Waals surface area contributed by atoms with Crippen molar-refractivity contribution in [3.8, 4) is 0 Å². The molecule has 2 rings (SSSR count). The van der Waals surface area contributed by atoms with E-state index in [1.165, 1.54) is 0 Å². The van der Waals surface area contributed by atoms with Crippen molar-refractivity contribution in [2.45, 2.75) is 20.3 Å². The Morgan fingerprint density at radius 3 is 2.90 bits per heavy atom. The van der Waals surface area contributed by atoms with Crippen LogP contribution >= 0.6 is 0 Å². The standard InChI is InChI=1S/C15H20N4O/c1-11(2)9-17-15(20)7-8-16-14-10-18-19-13-6-4-3-5-12(13)14/h3-6,10-11H,7-9H2,1-2H3,(H,16,19)(H,17,20). The SMILES string of the molecule is CC(C)CNC(=O)CCNc1cnnc2ccccc12. The maximum Gasteiger partial charge on any atom is 0.221 e. The average molecular weight is 272 g/mol. The first kappa shape index (κ1) is 14.2. The normalized spacial score (nSPS) is 10.8. The Bertz CT molecular complexity index is 578. The van der Waals surface area contributed by atoms with E-state index in [1.54, 1.807) is 6.20 Å². The van der Waals surface area contributed by atoms with E-state index in [9.17, 15) is 4.79 Å². The molecule has 2 aromatic rings. The summed E-state index contributed by atoms with van der Waals surface area (Å²) in [5, 5.41) is 15.2. The highest BCUT2D eigenvalue weighted by molar-refractivity contribution is 5.90. The number of hydrogen-bond acceptors (Lipinski definition) is 4. The molecule has 1 aromatic heterocycles. The van der Waals surface area contributed by atoms with E-state index in [0.717, 1.165) is 23.1 Å². The number of anilines is 1. The Balaban J connectivity index is 1.88. The van der Waals surface area contributed by atoms with Gasteiger partial charge >= 0.3 is 0 Å². The second kappa shape index (κ2) is 6.84. The highest BCUT2D eigenvalue weighted by Crippen LogP contribution is 2.19. The molecule has 0 saturated heterocycles. The molecule has 0 unspecified atom stereocenters. The zero-order valence-corrected chi connectivity index (χ0v) is 11.9. The number of nitrogens with one attached hydrogen (secondary N) is 2. The fourth-order valence-electron chi connectivity index (χ4n) is 1.86. The van der Waals surface area contributed by atoms with Gasteiger partial charge in [-0.1, -0.05) is 32.0 Å². The van der Waals surface area contributed by atoms with Gasteiger partial charge in [-0.2, -0.15) is 10.2 Å². The molecule has 1 heterocycles. The zero-order chi connectivity index (χ0) is 14.4. The molecule has 0 spiro atoms. The van der Waals surface area contributed by atoms with Crippen LogP contribution in [0.4, 0.5) is 5.69 Å². The van der Waals surface area contributed by atoms with E-state index in [2.05, 4.69) is 34.7 Å². The van der Waals surface area contributed by atoms with Gasteiger partial charge in [0.05, 0.1) is 17.4 Å². The van der Waals surface area contributed by atoms with Crippen LogP contribution in [-0.4, -0.2) is 29.2 Å². The molecule has 0 atom stereocenters. The quantitative estimate of drug-likeness (QED) is 0.846. The highest BCUT2D eigenvalue weighted by atomic mass is 16.1. The van der Waals surface area contributed by atoms with Crippen molar-refractivity contribution in [1.82, 2.24) is 15.5 Å². The van der Waals surface area contributed by atoms with Crippen molar-refractivity contribution < 1.29 is 4.79 Å². The first-order valence-electron chi connectivity index (χ1n) is 6.88. The lowest BCUT2D eigenvalue weighted by molar-refractivity contribution is -0.120. The Labute approximate surface area is 118 Å². The Hall–Kier alpha value is -2.17. The number of carbonyl (C=O) groups excluding carboxylic acids is 1. The number of nitrogens with zero attached hydrogens (tertiary/aromatic N) is 2. The molecule has 20 heavy (non-hydrogen) atoms. The van der Waals surface area contributed by atoms with Gasteiger partial charge in [0.1, 0.15) is 0 Å². The first-order valence-corrected chi connectivity index (χ1v) is 6.88. The number of amides is 1. The minimum absolute atomic E-state index is 0.0671. The predicted octanol–water partition coefficient (Wildman–Crippen LogP) is 2.20. The van der Waals surface area contributed by atoms with Crippen LogP contribution in [0.25, 0.3) is 10.9 Å². The summed E-state index contributed by atoms with van der Waals surface area (Å²) in [4.78, 5) is 11.6. The van der Waals surface area contributed by atoms with Crippen molar-refractivity contribution in [1.29, 1.82) is 0 Å². The molecular formula is C15H20N4O. The van der Waals surface area contributed by atoms with E-state index >= 15 is 0 Å². The summed E-state index contributed by atoms with van der Waals surface area (Å²) >= 11 is 0. The van der Waals surface area contributed by atoms with Gasteiger partial charge < -0.3 is 10.6 Å². The average Bonchev–Trinajstić information content (AvgIpc) is 2.45. The van der Waals surface area contributed by atoms with Crippen LogP contribution in [0.15, 0.2) is 30.5 Å². The molecule has 106 valence electrons. The summed E-state index contributed by atoms with van der Waals surface area (Å²) in [6, 6.07) is 7.80. The second-order valence-corrected chi connectivity index (χ2v) is 5.15. The number of aromatic nitrogens is 2. The molecule has 0 aliphatic carbocycles. The summed E-state index contributed by atoms with van der Waals surface area (Å²) in [7, 11) is 0. The van der Waals surface area contributed by atoms with Crippen LogP contribution in [0.1, 0.15) is 20.3 Å². The molecule has 5 heteroatoms. The maximum atomic E-state index is 11.6. The predicted molar refractivity (Wildman–Crippen MR) is 80.5 cm³/mol. The minimum atomic E-state index is 0.0671. The van der Waals surface area contributed by atoms with Crippen LogP contribution < -0.4 is 10.6 Å². The third-order valence-electron chi connectivity index (χ3n) is 2.92. The minimum Gasteiger partial charge on any atom is -0.383 e. The van der Waals surface area contributed by atoms with E-state index in [-0.39, 0.29) is 5.91 Å². The van der Waals surface area contributed by atoms with Crippen molar-refractivity contribution in [2.24, 2.45) is 5.92 Å². The molecule has 0 bridgehead atoms. The van der Waals surface area contributed by atoms with Gasteiger partial charge in [0.2, 0.25) is 5.91 Å². The number of fused-ring (bicyclic) bond motifs is 1. The van der Waals surface area contributed by atoms with E-state index < -0.39 is 0 Å². The van der Waals surface area contributed by atoms with Crippen LogP contribution in [-0.2, 0) is 4.79 Å². The highest BCUT2D eigenvalue weighted by Gasteiger charge is 2.04. The lowest BCUT2D eigenvalue weighted by Crippen LogP contribution is -2.28. The van der Waals surface area contributed by atoms with Gasteiger partial charge in [-0.25, -0.2) is 0 Å². The molecular weight excluding hydrogens is 252 g/mol. The molecule has 0 aliphatic heterocycles. The van der Waals surface area contributed by atoms with Gasteiger partial charge in [0.15, 0.2) is 0 Å². The first-order chi connectivity index (χ1) is 9.66. The van der Waals surface area contributed by atoms with Crippen molar-refractivity contribution in [2.75, 3.05) is 18.4 Å². The van der Waals surface area contributed by atoms with Gasteiger partial charge in [-0.3, -0.25) is 4.79 Å². The molecule has 0 saturated carbocycles.